The summed E-state index contributed by atoms with van der Waals surface area (Å²) in [6.07, 6.45) is 4.38. The van der Waals surface area contributed by atoms with E-state index in [1.807, 2.05) is 0 Å². The molecule has 0 spiro atoms. The van der Waals surface area contributed by atoms with Crippen LogP contribution < -0.4 is 0 Å². The Balaban J connectivity index is 2.12. The second kappa shape index (κ2) is 4.70. The standard InChI is InChI=1S/C12H15ClN4S/c1-7(2)18-12-15-11-14-9-6-4-3-5-8(9)10(13)17(11)16-12/h7H,3-6H2,1-2H3. The zero-order chi connectivity index (χ0) is 12.7. The first-order chi connectivity index (χ1) is 8.65. The molecule has 0 N–H and O–H groups in total. The summed E-state index contributed by atoms with van der Waals surface area (Å²) in [6, 6.07) is 0. The predicted molar refractivity (Wildman–Crippen MR) is 73.4 cm³/mol. The molecule has 0 unspecified atom stereocenters. The molecule has 0 aliphatic heterocycles. The molecule has 6 heteroatoms. The van der Waals surface area contributed by atoms with Gasteiger partial charge in [-0.25, -0.2) is 4.98 Å². The molecule has 0 saturated heterocycles. The highest BCUT2D eigenvalue weighted by Gasteiger charge is 2.19. The van der Waals surface area contributed by atoms with Crippen LogP contribution in [0.5, 0.6) is 0 Å². The van der Waals surface area contributed by atoms with Crippen molar-refractivity contribution in [2.24, 2.45) is 0 Å². The fourth-order valence-corrected chi connectivity index (χ4v) is 3.24. The molecule has 0 bridgehead atoms. The molecule has 2 heterocycles. The molecule has 3 rings (SSSR count). The van der Waals surface area contributed by atoms with Gasteiger partial charge in [-0.1, -0.05) is 37.2 Å². The van der Waals surface area contributed by atoms with Crippen LogP contribution in [0.15, 0.2) is 5.16 Å². The van der Waals surface area contributed by atoms with E-state index in [4.69, 9.17) is 11.6 Å². The van der Waals surface area contributed by atoms with Crippen molar-refractivity contribution in [2.75, 3.05) is 0 Å². The first-order valence-electron chi connectivity index (χ1n) is 6.26. The van der Waals surface area contributed by atoms with Crippen LogP contribution in [0, 0.1) is 0 Å². The third kappa shape index (κ3) is 2.10. The number of halogens is 1. The van der Waals surface area contributed by atoms with E-state index in [0.29, 0.717) is 16.2 Å². The van der Waals surface area contributed by atoms with E-state index in [-0.39, 0.29) is 0 Å². The van der Waals surface area contributed by atoms with Crippen LogP contribution in [0.4, 0.5) is 0 Å². The van der Waals surface area contributed by atoms with E-state index in [0.717, 1.165) is 29.3 Å². The molecule has 2 aromatic rings. The van der Waals surface area contributed by atoms with Gasteiger partial charge in [-0.05, 0) is 25.7 Å². The van der Waals surface area contributed by atoms with E-state index in [9.17, 15) is 0 Å². The van der Waals surface area contributed by atoms with Gasteiger partial charge in [-0.2, -0.15) is 9.50 Å². The van der Waals surface area contributed by atoms with Gasteiger partial charge in [0.25, 0.3) is 5.78 Å². The lowest BCUT2D eigenvalue weighted by Gasteiger charge is -2.15. The molecule has 0 amide bonds. The minimum atomic E-state index is 0.454. The Morgan fingerprint density at radius 2 is 2.00 bits per heavy atom. The fraction of sp³-hybridized carbons (Fsp3) is 0.583. The van der Waals surface area contributed by atoms with Crippen molar-refractivity contribution >= 4 is 29.1 Å². The maximum absolute atomic E-state index is 6.42. The van der Waals surface area contributed by atoms with Gasteiger partial charge in [0.1, 0.15) is 5.15 Å². The van der Waals surface area contributed by atoms with Gasteiger partial charge in [0, 0.05) is 10.8 Å². The highest BCUT2D eigenvalue weighted by atomic mass is 35.5. The van der Waals surface area contributed by atoms with Crippen LogP contribution in [0.3, 0.4) is 0 Å². The van der Waals surface area contributed by atoms with Crippen LogP contribution >= 0.6 is 23.4 Å². The SMILES string of the molecule is CC(C)Sc1nc2nc3c(c(Cl)n2n1)CCCC3. The molecule has 0 saturated carbocycles. The second-order valence-corrected chi connectivity index (χ2v) is 6.71. The molecule has 96 valence electrons. The number of aromatic nitrogens is 4. The third-order valence-corrected chi connectivity index (χ3v) is 4.26. The lowest BCUT2D eigenvalue weighted by Crippen LogP contribution is -2.10. The molecular weight excluding hydrogens is 268 g/mol. The van der Waals surface area contributed by atoms with E-state index < -0.39 is 0 Å². The van der Waals surface area contributed by atoms with Gasteiger partial charge in [-0.15, -0.1) is 5.10 Å². The normalized spacial score (nSPS) is 15.3. The van der Waals surface area contributed by atoms with Gasteiger partial charge in [0.05, 0.1) is 5.69 Å². The van der Waals surface area contributed by atoms with Crippen LogP contribution in [0.25, 0.3) is 5.78 Å². The summed E-state index contributed by atoms with van der Waals surface area (Å²) in [5, 5.41) is 6.33. The molecule has 0 radical (unpaired) electrons. The largest absolute Gasteiger partial charge is 0.254 e. The highest BCUT2D eigenvalue weighted by molar-refractivity contribution is 7.99. The number of hydrogen-bond donors (Lipinski definition) is 0. The Labute approximate surface area is 115 Å². The third-order valence-electron chi connectivity index (χ3n) is 3.02. The zero-order valence-electron chi connectivity index (χ0n) is 10.5. The number of fused-ring (bicyclic) bond motifs is 2. The first-order valence-corrected chi connectivity index (χ1v) is 7.51. The Kier molecular flexibility index (Phi) is 3.20. The van der Waals surface area contributed by atoms with E-state index in [1.165, 1.54) is 12.8 Å². The average molecular weight is 283 g/mol. The average Bonchev–Trinajstić information content (AvgIpc) is 2.71. The van der Waals surface area contributed by atoms with Gasteiger partial charge < -0.3 is 0 Å². The molecular formula is C12H15ClN4S. The van der Waals surface area contributed by atoms with Crippen molar-refractivity contribution in [3.05, 3.63) is 16.4 Å². The topological polar surface area (TPSA) is 43.1 Å². The van der Waals surface area contributed by atoms with Gasteiger partial charge in [-0.3, -0.25) is 0 Å². The highest BCUT2D eigenvalue weighted by Crippen LogP contribution is 2.28. The summed E-state index contributed by atoms with van der Waals surface area (Å²) in [4.78, 5) is 9.04. The van der Waals surface area contributed by atoms with Crippen molar-refractivity contribution < 1.29 is 0 Å². The number of rotatable bonds is 2. The number of nitrogens with zero attached hydrogens (tertiary/aromatic N) is 4. The minimum Gasteiger partial charge on any atom is -0.216 e. The lowest BCUT2D eigenvalue weighted by atomic mass is 9.97. The maximum atomic E-state index is 6.42. The lowest BCUT2D eigenvalue weighted by molar-refractivity contribution is 0.659. The molecule has 0 fully saturated rings. The van der Waals surface area contributed by atoms with Crippen LogP contribution in [-0.4, -0.2) is 24.8 Å². The number of hydrogen-bond acceptors (Lipinski definition) is 4. The smallest absolute Gasteiger partial charge is 0.216 e. The van der Waals surface area contributed by atoms with Crippen molar-refractivity contribution in [1.82, 2.24) is 19.6 Å². The van der Waals surface area contributed by atoms with E-state index in [2.05, 4.69) is 28.9 Å². The number of aryl methyl sites for hydroxylation is 1. The second-order valence-electron chi connectivity index (χ2n) is 4.81. The minimum absolute atomic E-state index is 0.454. The van der Waals surface area contributed by atoms with Crippen LogP contribution in [0.1, 0.15) is 37.9 Å². The van der Waals surface area contributed by atoms with Crippen molar-refractivity contribution in [3.8, 4) is 0 Å². The summed E-state index contributed by atoms with van der Waals surface area (Å²) in [5.41, 5.74) is 2.26. The van der Waals surface area contributed by atoms with Crippen molar-refractivity contribution in [2.45, 2.75) is 49.9 Å². The summed E-state index contributed by atoms with van der Waals surface area (Å²) < 4.78 is 1.68. The zero-order valence-corrected chi connectivity index (χ0v) is 12.1. The van der Waals surface area contributed by atoms with Crippen molar-refractivity contribution in [1.29, 1.82) is 0 Å². The van der Waals surface area contributed by atoms with Gasteiger partial charge in [0.15, 0.2) is 0 Å². The molecule has 0 atom stereocenters. The molecule has 1 aliphatic carbocycles. The number of thioether (sulfide) groups is 1. The van der Waals surface area contributed by atoms with Crippen molar-refractivity contribution in [3.63, 3.8) is 0 Å². The summed E-state index contributed by atoms with van der Waals surface area (Å²) in [5.74, 6) is 0.629. The van der Waals surface area contributed by atoms with E-state index in [1.54, 1.807) is 16.3 Å². The Morgan fingerprint density at radius 1 is 1.22 bits per heavy atom. The Morgan fingerprint density at radius 3 is 2.78 bits per heavy atom. The molecule has 18 heavy (non-hydrogen) atoms. The Bertz CT molecular complexity index is 593. The fourth-order valence-electron chi connectivity index (χ4n) is 2.23. The molecule has 2 aromatic heterocycles. The summed E-state index contributed by atoms with van der Waals surface area (Å²) >= 11 is 8.05. The molecule has 0 aromatic carbocycles. The Hall–Kier alpha value is -0.810. The van der Waals surface area contributed by atoms with E-state index >= 15 is 0 Å². The van der Waals surface area contributed by atoms with Crippen LogP contribution in [0.2, 0.25) is 5.15 Å². The predicted octanol–water partition coefficient (Wildman–Crippen LogP) is 3.16. The summed E-state index contributed by atoms with van der Waals surface area (Å²) in [7, 11) is 0. The maximum Gasteiger partial charge on any atom is 0.254 e. The first kappa shape index (κ1) is 12.2. The quantitative estimate of drug-likeness (QED) is 0.627. The molecule has 1 aliphatic rings. The monoisotopic (exact) mass is 282 g/mol. The summed E-state index contributed by atoms with van der Waals surface area (Å²) in [6.45, 7) is 4.24. The van der Waals surface area contributed by atoms with Gasteiger partial charge in [0.2, 0.25) is 5.16 Å². The van der Waals surface area contributed by atoms with Crippen LogP contribution in [-0.2, 0) is 12.8 Å². The van der Waals surface area contributed by atoms with Gasteiger partial charge >= 0.3 is 0 Å². The molecule has 4 nitrogen and oxygen atoms in total.